The lowest BCUT2D eigenvalue weighted by molar-refractivity contribution is 0.0956. The van der Waals surface area contributed by atoms with Gasteiger partial charge in [-0.3, -0.25) is 9.59 Å². The molecule has 0 saturated carbocycles. The Bertz CT molecular complexity index is 446. The van der Waals surface area contributed by atoms with Crippen molar-refractivity contribution >= 4 is 11.7 Å². The van der Waals surface area contributed by atoms with Gasteiger partial charge in [0, 0.05) is 24.7 Å². The number of carbonyl (C=O) groups is 2. The second-order valence-corrected chi connectivity index (χ2v) is 4.19. The summed E-state index contributed by atoms with van der Waals surface area (Å²) >= 11 is 0. The molecule has 0 saturated heterocycles. The highest BCUT2D eigenvalue weighted by Crippen LogP contribution is 2.26. The van der Waals surface area contributed by atoms with E-state index in [9.17, 15) is 9.59 Å². The lowest BCUT2D eigenvalue weighted by Crippen LogP contribution is -2.19. The molecule has 0 unspecified atom stereocenters. The molecular weight excluding hydrogens is 204 g/mol. The van der Waals surface area contributed by atoms with Crippen molar-refractivity contribution < 1.29 is 9.59 Å². The minimum atomic E-state index is -0.140. The quantitative estimate of drug-likeness (QED) is 0.706. The maximum absolute atomic E-state index is 11.9. The lowest BCUT2D eigenvalue weighted by atomic mass is 10.0. The largest absolute Gasteiger partial charge is 0.354 e. The number of hydrogen-bond acceptors (Lipinski definition) is 2. The molecule has 16 heavy (non-hydrogen) atoms. The number of hydrogen-bond donors (Lipinski definition) is 2. The van der Waals surface area contributed by atoms with Crippen molar-refractivity contribution in [1.29, 1.82) is 0 Å². The van der Waals surface area contributed by atoms with Crippen molar-refractivity contribution in [2.45, 2.75) is 32.6 Å². The summed E-state index contributed by atoms with van der Waals surface area (Å²) < 4.78 is 0. The van der Waals surface area contributed by atoms with Crippen LogP contribution in [-0.4, -0.2) is 23.7 Å². The van der Waals surface area contributed by atoms with Crippen LogP contribution < -0.4 is 5.32 Å². The third-order valence-electron chi connectivity index (χ3n) is 3.10. The van der Waals surface area contributed by atoms with Crippen LogP contribution in [0, 0.1) is 6.92 Å². The minimum Gasteiger partial charge on any atom is -0.354 e. The Hall–Kier alpha value is -1.58. The van der Waals surface area contributed by atoms with Gasteiger partial charge in [0.2, 0.25) is 0 Å². The predicted octanol–water partition coefficient (Wildman–Crippen LogP) is 1.59. The van der Waals surface area contributed by atoms with Crippen LogP contribution in [0.3, 0.4) is 0 Å². The van der Waals surface area contributed by atoms with E-state index in [0.29, 0.717) is 12.1 Å². The Balaban J connectivity index is 2.54. The van der Waals surface area contributed by atoms with E-state index < -0.39 is 0 Å². The monoisotopic (exact) mass is 220 g/mol. The molecule has 0 radical (unpaired) electrons. The van der Waals surface area contributed by atoms with Crippen LogP contribution in [0.15, 0.2) is 0 Å². The maximum Gasteiger partial charge on any atom is 0.267 e. The van der Waals surface area contributed by atoms with E-state index in [1.807, 2.05) is 6.92 Å². The van der Waals surface area contributed by atoms with Crippen molar-refractivity contribution in [3.8, 4) is 0 Å². The molecule has 0 bridgehead atoms. The van der Waals surface area contributed by atoms with E-state index in [4.69, 9.17) is 0 Å². The number of aryl methyl sites for hydroxylation is 1. The Morgan fingerprint density at radius 3 is 2.69 bits per heavy atom. The molecule has 2 rings (SSSR count). The van der Waals surface area contributed by atoms with E-state index in [1.165, 1.54) is 0 Å². The van der Waals surface area contributed by atoms with Gasteiger partial charge in [0.1, 0.15) is 5.69 Å². The number of H-pyrrole nitrogens is 1. The number of aromatic nitrogens is 1. The van der Waals surface area contributed by atoms with Crippen molar-refractivity contribution in [2.75, 3.05) is 7.05 Å². The molecule has 0 atom stereocenters. The lowest BCUT2D eigenvalue weighted by Gasteiger charge is -2.01. The van der Waals surface area contributed by atoms with Crippen LogP contribution in [0.4, 0.5) is 0 Å². The molecule has 86 valence electrons. The maximum atomic E-state index is 11.9. The Kier molecular flexibility index (Phi) is 2.81. The van der Waals surface area contributed by atoms with E-state index in [-0.39, 0.29) is 11.7 Å². The molecule has 0 aliphatic heterocycles. The van der Waals surface area contributed by atoms with Crippen LogP contribution in [0.5, 0.6) is 0 Å². The number of aromatic amines is 1. The van der Waals surface area contributed by atoms with Gasteiger partial charge in [-0.1, -0.05) is 0 Å². The molecule has 0 spiro atoms. The van der Waals surface area contributed by atoms with Crippen molar-refractivity contribution in [3.63, 3.8) is 0 Å². The number of carbonyl (C=O) groups excluding carboxylic acids is 2. The fraction of sp³-hybridized carbons (Fsp3) is 0.500. The summed E-state index contributed by atoms with van der Waals surface area (Å²) in [6.07, 6.45) is 3.30. The Morgan fingerprint density at radius 2 is 2.00 bits per heavy atom. The highest BCUT2D eigenvalue weighted by atomic mass is 16.2. The second kappa shape index (κ2) is 4.12. The molecule has 4 heteroatoms. The van der Waals surface area contributed by atoms with E-state index >= 15 is 0 Å². The standard InChI is InChI=1S/C12H16N2O2/c1-7-10-8(5-3-4-6-9(10)15)11(14-7)12(16)13-2/h14H,3-6H2,1-2H3,(H,13,16). The topological polar surface area (TPSA) is 62.0 Å². The molecule has 1 aromatic rings. The average Bonchev–Trinajstić information content (AvgIpc) is 2.47. The zero-order valence-electron chi connectivity index (χ0n) is 9.64. The fourth-order valence-electron chi connectivity index (χ4n) is 2.34. The van der Waals surface area contributed by atoms with Crippen LogP contribution in [0.25, 0.3) is 0 Å². The summed E-state index contributed by atoms with van der Waals surface area (Å²) in [7, 11) is 1.60. The molecule has 0 aromatic carbocycles. The minimum absolute atomic E-state index is 0.140. The van der Waals surface area contributed by atoms with E-state index in [0.717, 1.165) is 36.1 Å². The summed E-state index contributed by atoms with van der Waals surface area (Å²) in [4.78, 5) is 26.6. The third-order valence-corrected chi connectivity index (χ3v) is 3.10. The van der Waals surface area contributed by atoms with Crippen molar-refractivity contribution in [2.24, 2.45) is 0 Å². The summed E-state index contributed by atoms with van der Waals surface area (Å²) in [5, 5.41) is 2.60. The Labute approximate surface area is 94.4 Å². The first-order chi connectivity index (χ1) is 7.65. The first-order valence-corrected chi connectivity index (χ1v) is 5.62. The molecule has 2 N–H and O–H groups in total. The number of nitrogens with one attached hydrogen (secondary N) is 2. The van der Waals surface area contributed by atoms with Crippen molar-refractivity contribution in [1.82, 2.24) is 10.3 Å². The highest BCUT2D eigenvalue weighted by molar-refractivity contribution is 6.03. The molecule has 1 aliphatic carbocycles. The number of fused-ring (bicyclic) bond motifs is 1. The zero-order valence-corrected chi connectivity index (χ0v) is 9.64. The van der Waals surface area contributed by atoms with E-state index in [1.54, 1.807) is 7.05 Å². The first-order valence-electron chi connectivity index (χ1n) is 5.62. The second-order valence-electron chi connectivity index (χ2n) is 4.19. The van der Waals surface area contributed by atoms with Gasteiger partial charge in [-0.2, -0.15) is 0 Å². The van der Waals surface area contributed by atoms with Gasteiger partial charge in [-0.25, -0.2) is 0 Å². The third kappa shape index (κ3) is 1.64. The molecule has 0 fully saturated rings. The molecule has 1 heterocycles. The Morgan fingerprint density at radius 1 is 1.31 bits per heavy atom. The normalized spacial score (nSPS) is 15.5. The summed E-state index contributed by atoms with van der Waals surface area (Å²) in [5.41, 5.74) is 3.03. The smallest absolute Gasteiger partial charge is 0.267 e. The van der Waals surface area contributed by atoms with Gasteiger partial charge < -0.3 is 10.3 Å². The fourth-order valence-corrected chi connectivity index (χ4v) is 2.34. The molecule has 1 aliphatic rings. The van der Waals surface area contributed by atoms with Gasteiger partial charge in [-0.05, 0) is 31.7 Å². The number of Topliss-reactive ketones (excluding diaryl/α,β-unsaturated/α-hetero) is 1. The number of amides is 1. The summed E-state index contributed by atoms with van der Waals surface area (Å²) in [6.45, 7) is 1.86. The van der Waals surface area contributed by atoms with Gasteiger partial charge in [0.25, 0.3) is 5.91 Å². The van der Waals surface area contributed by atoms with Gasteiger partial charge in [-0.15, -0.1) is 0 Å². The number of ketones is 1. The molecular formula is C12H16N2O2. The highest BCUT2D eigenvalue weighted by Gasteiger charge is 2.25. The predicted molar refractivity (Wildman–Crippen MR) is 60.8 cm³/mol. The van der Waals surface area contributed by atoms with Crippen molar-refractivity contribution in [3.05, 3.63) is 22.5 Å². The first kappa shape index (κ1) is 10.9. The number of rotatable bonds is 1. The molecule has 1 amide bonds. The SMILES string of the molecule is CNC(=O)c1[nH]c(C)c2c1CCCCC2=O. The summed E-state index contributed by atoms with van der Waals surface area (Å²) in [6, 6.07) is 0. The van der Waals surface area contributed by atoms with Gasteiger partial charge >= 0.3 is 0 Å². The van der Waals surface area contributed by atoms with Gasteiger partial charge in [0.15, 0.2) is 5.78 Å². The summed E-state index contributed by atoms with van der Waals surface area (Å²) in [5.74, 6) is 0.0236. The molecule has 1 aromatic heterocycles. The van der Waals surface area contributed by atoms with Crippen LogP contribution in [0.1, 0.15) is 51.4 Å². The average molecular weight is 220 g/mol. The van der Waals surface area contributed by atoms with Crippen LogP contribution in [-0.2, 0) is 6.42 Å². The van der Waals surface area contributed by atoms with Crippen LogP contribution in [0.2, 0.25) is 0 Å². The van der Waals surface area contributed by atoms with Gasteiger partial charge in [0.05, 0.1) is 0 Å². The van der Waals surface area contributed by atoms with E-state index in [2.05, 4.69) is 10.3 Å². The molecule has 4 nitrogen and oxygen atoms in total. The zero-order chi connectivity index (χ0) is 11.7. The van der Waals surface area contributed by atoms with Crippen LogP contribution >= 0.6 is 0 Å².